The van der Waals surface area contributed by atoms with E-state index in [0.717, 1.165) is 12.8 Å². The maximum atomic E-state index is 12.1. The summed E-state index contributed by atoms with van der Waals surface area (Å²) in [5.41, 5.74) is 7.03. The zero-order valence-electron chi connectivity index (χ0n) is 10.9. The standard InChI is InChI=1S/C14H18N2O3/c1-8(9-2-3-9)14(17)16-11-7-13-12(6-10(11)15)18-4-5-19-13/h6-9H,2-5,15H2,1H3,(H,16,17). The number of benzene rings is 1. The van der Waals surface area contributed by atoms with Gasteiger partial charge in [0, 0.05) is 18.1 Å². The molecule has 5 nitrogen and oxygen atoms in total. The Balaban J connectivity index is 1.78. The number of anilines is 2. The van der Waals surface area contributed by atoms with Crippen LogP contribution in [0.15, 0.2) is 12.1 Å². The third kappa shape index (κ3) is 2.45. The molecule has 0 aromatic heterocycles. The third-order valence-corrected chi connectivity index (χ3v) is 3.71. The Hall–Kier alpha value is -1.91. The molecule has 102 valence electrons. The van der Waals surface area contributed by atoms with E-state index in [1.807, 2.05) is 6.92 Å². The van der Waals surface area contributed by atoms with Crippen molar-refractivity contribution in [3.8, 4) is 11.5 Å². The highest BCUT2D eigenvalue weighted by Gasteiger charge is 2.32. The van der Waals surface area contributed by atoms with Gasteiger partial charge < -0.3 is 20.5 Å². The molecule has 1 aliphatic heterocycles. The monoisotopic (exact) mass is 262 g/mol. The quantitative estimate of drug-likeness (QED) is 0.817. The predicted molar refractivity (Wildman–Crippen MR) is 72.4 cm³/mol. The molecule has 1 unspecified atom stereocenters. The van der Waals surface area contributed by atoms with Gasteiger partial charge in [0.25, 0.3) is 0 Å². The Morgan fingerprint density at radius 2 is 1.95 bits per heavy atom. The lowest BCUT2D eigenvalue weighted by Gasteiger charge is -2.21. The average molecular weight is 262 g/mol. The van der Waals surface area contributed by atoms with Gasteiger partial charge in [-0.05, 0) is 18.8 Å². The number of rotatable bonds is 3. The summed E-state index contributed by atoms with van der Waals surface area (Å²) in [7, 11) is 0. The van der Waals surface area contributed by atoms with E-state index in [1.54, 1.807) is 12.1 Å². The van der Waals surface area contributed by atoms with Gasteiger partial charge in [-0.25, -0.2) is 0 Å². The number of carbonyl (C=O) groups excluding carboxylic acids is 1. The smallest absolute Gasteiger partial charge is 0.227 e. The molecule has 2 aliphatic rings. The molecule has 0 radical (unpaired) electrons. The van der Waals surface area contributed by atoms with Crippen molar-refractivity contribution in [3.63, 3.8) is 0 Å². The summed E-state index contributed by atoms with van der Waals surface area (Å²) < 4.78 is 10.9. The first-order valence-corrected chi connectivity index (χ1v) is 6.65. The first-order chi connectivity index (χ1) is 9.15. The number of nitrogen functional groups attached to an aromatic ring is 1. The fourth-order valence-corrected chi connectivity index (χ4v) is 2.27. The summed E-state index contributed by atoms with van der Waals surface area (Å²) in [6.45, 7) is 3.00. The zero-order valence-corrected chi connectivity index (χ0v) is 10.9. The second kappa shape index (κ2) is 4.64. The number of fused-ring (bicyclic) bond motifs is 1. The van der Waals surface area contributed by atoms with Crippen LogP contribution < -0.4 is 20.5 Å². The molecule has 5 heteroatoms. The van der Waals surface area contributed by atoms with E-state index < -0.39 is 0 Å². The van der Waals surface area contributed by atoms with E-state index in [2.05, 4.69) is 5.32 Å². The van der Waals surface area contributed by atoms with Crippen molar-refractivity contribution < 1.29 is 14.3 Å². The van der Waals surface area contributed by atoms with Gasteiger partial charge in [-0.1, -0.05) is 6.92 Å². The molecule has 3 rings (SSSR count). The topological polar surface area (TPSA) is 73.6 Å². The number of nitrogens with two attached hydrogens (primary N) is 1. The molecule has 1 fully saturated rings. The maximum Gasteiger partial charge on any atom is 0.227 e. The number of amides is 1. The zero-order chi connectivity index (χ0) is 13.4. The Kier molecular flexibility index (Phi) is 2.97. The molecule has 1 aliphatic carbocycles. The van der Waals surface area contributed by atoms with Crippen molar-refractivity contribution in [3.05, 3.63) is 12.1 Å². The molecule has 1 aromatic rings. The average Bonchev–Trinajstić information content (AvgIpc) is 3.23. The van der Waals surface area contributed by atoms with Crippen molar-refractivity contribution in [2.24, 2.45) is 11.8 Å². The summed E-state index contributed by atoms with van der Waals surface area (Å²) in [6, 6.07) is 3.44. The van der Waals surface area contributed by atoms with E-state index in [0.29, 0.717) is 42.0 Å². The number of ether oxygens (including phenoxy) is 2. The lowest BCUT2D eigenvalue weighted by molar-refractivity contribution is -0.119. The van der Waals surface area contributed by atoms with E-state index in [-0.39, 0.29) is 11.8 Å². The van der Waals surface area contributed by atoms with Crippen LogP contribution in [0.25, 0.3) is 0 Å². The van der Waals surface area contributed by atoms with E-state index >= 15 is 0 Å². The van der Waals surface area contributed by atoms with Crippen LogP contribution >= 0.6 is 0 Å². The highest BCUT2D eigenvalue weighted by molar-refractivity contribution is 5.96. The van der Waals surface area contributed by atoms with Crippen LogP contribution in [0, 0.1) is 11.8 Å². The molecule has 1 aromatic carbocycles. The summed E-state index contributed by atoms with van der Waals surface area (Å²) in [4.78, 5) is 12.1. The molecular formula is C14H18N2O3. The van der Waals surface area contributed by atoms with Gasteiger partial charge in [0.05, 0.1) is 11.4 Å². The van der Waals surface area contributed by atoms with Crippen LogP contribution in [0.3, 0.4) is 0 Å². The first-order valence-electron chi connectivity index (χ1n) is 6.65. The van der Waals surface area contributed by atoms with Gasteiger partial charge in [0.1, 0.15) is 13.2 Å². The highest BCUT2D eigenvalue weighted by atomic mass is 16.6. The molecule has 1 heterocycles. The Bertz CT molecular complexity index is 512. The molecule has 19 heavy (non-hydrogen) atoms. The van der Waals surface area contributed by atoms with Gasteiger partial charge >= 0.3 is 0 Å². The molecule has 0 bridgehead atoms. The number of nitrogens with one attached hydrogen (secondary N) is 1. The van der Waals surface area contributed by atoms with Crippen LogP contribution in [-0.2, 0) is 4.79 Å². The summed E-state index contributed by atoms with van der Waals surface area (Å²) in [5, 5.41) is 2.88. The van der Waals surface area contributed by atoms with Crippen molar-refractivity contribution in [2.75, 3.05) is 24.3 Å². The van der Waals surface area contributed by atoms with Crippen LogP contribution in [0.1, 0.15) is 19.8 Å². The lowest BCUT2D eigenvalue weighted by Crippen LogP contribution is -2.23. The molecule has 1 amide bonds. The summed E-state index contributed by atoms with van der Waals surface area (Å²) in [5.74, 6) is 1.85. The largest absolute Gasteiger partial charge is 0.486 e. The van der Waals surface area contributed by atoms with Gasteiger partial charge in [-0.3, -0.25) is 4.79 Å². The minimum atomic E-state index is 0.0193. The normalized spacial score (nSPS) is 18.8. The lowest BCUT2D eigenvalue weighted by atomic mass is 10.1. The van der Waals surface area contributed by atoms with Crippen molar-refractivity contribution in [1.82, 2.24) is 0 Å². The minimum absolute atomic E-state index is 0.0193. The second-order valence-corrected chi connectivity index (χ2v) is 5.20. The Morgan fingerprint density at radius 3 is 2.58 bits per heavy atom. The van der Waals surface area contributed by atoms with Crippen LogP contribution in [0.4, 0.5) is 11.4 Å². The van der Waals surface area contributed by atoms with Crippen LogP contribution in [0.5, 0.6) is 11.5 Å². The molecule has 0 spiro atoms. The fraction of sp³-hybridized carbons (Fsp3) is 0.500. The van der Waals surface area contributed by atoms with E-state index in [1.165, 1.54) is 0 Å². The Labute approximate surface area is 112 Å². The second-order valence-electron chi connectivity index (χ2n) is 5.20. The molecular weight excluding hydrogens is 244 g/mol. The van der Waals surface area contributed by atoms with Gasteiger partial charge in [0.2, 0.25) is 5.91 Å². The van der Waals surface area contributed by atoms with Gasteiger partial charge in [-0.15, -0.1) is 0 Å². The van der Waals surface area contributed by atoms with Crippen molar-refractivity contribution in [2.45, 2.75) is 19.8 Å². The Morgan fingerprint density at radius 1 is 1.32 bits per heavy atom. The minimum Gasteiger partial charge on any atom is -0.486 e. The molecule has 1 atom stereocenters. The molecule has 3 N–H and O–H groups in total. The molecule has 1 saturated carbocycles. The van der Waals surface area contributed by atoms with Gasteiger partial charge in [0.15, 0.2) is 11.5 Å². The molecule has 0 saturated heterocycles. The van der Waals surface area contributed by atoms with E-state index in [9.17, 15) is 4.79 Å². The maximum absolute atomic E-state index is 12.1. The number of carbonyl (C=O) groups is 1. The SMILES string of the molecule is CC(C(=O)Nc1cc2c(cc1N)OCCO2)C1CC1. The fourth-order valence-electron chi connectivity index (χ4n) is 2.27. The van der Waals surface area contributed by atoms with Crippen molar-refractivity contribution in [1.29, 1.82) is 0 Å². The van der Waals surface area contributed by atoms with Gasteiger partial charge in [-0.2, -0.15) is 0 Å². The predicted octanol–water partition coefficient (Wildman–Crippen LogP) is 2.02. The number of hydrogen-bond acceptors (Lipinski definition) is 4. The third-order valence-electron chi connectivity index (χ3n) is 3.71. The first kappa shape index (κ1) is 12.1. The van der Waals surface area contributed by atoms with Crippen LogP contribution in [0.2, 0.25) is 0 Å². The summed E-state index contributed by atoms with van der Waals surface area (Å²) >= 11 is 0. The van der Waals surface area contributed by atoms with Crippen LogP contribution in [-0.4, -0.2) is 19.1 Å². The van der Waals surface area contributed by atoms with E-state index in [4.69, 9.17) is 15.2 Å². The highest BCUT2D eigenvalue weighted by Crippen LogP contribution is 2.39. The van der Waals surface area contributed by atoms with Crippen molar-refractivity contribution >= 4 is 17.3 Å². The number of hydrogen-bond donors (Lipinski definition) is 2. The summed E-state index contributed by atoms with van der Waals surface area (Å²) in [6.07, 6.45) is 2.29.